The van der Waals surface area contributed by atoms with Gasteiger partial charge in [0.05, 0.1) is 21.7 Å². The van der Waals surface area contributed by atoms with Gasteiger partial charge in [-0.2, -0.15) is 0 Å². The van der Waals surface area contributed by atoms with E-state index in [1.54, 1.807) is 18.2 Å². The van der Waals surface area contributed by atoms with Gasteiger partial charge in [0.25, 0.3) is 11.7 Å². The van der Waals surface area contributed by atoms with Crippen molar-refractivity contribution in [3.63, 3.8) is 0 Å². The highest BCUT2D eigenvalue weighted by Crippen LogP contribution is 2.41. The quantitative estimate of drug-likeness (QED) is 0.399. The van der Waals surface area contributed by atoms with E-state index in [0.29, 0.717) is 23.6 Å². The molecule has 2 aromatic carbocycles. The number of likely N-dealkylation sites (tertiary alicyclic amines) is 1. The maximum atomic E-state index is 13.3. The molecule has 1 heterocycles. The van der Waals surface area contributed by atoms with Crippen LogP contribution in [0.1, 0.15) is 23.6 Å². The normalized spacial score (nSPS) is 18.5. The van der Waals surface area contributed by atoms with E-state index in [4.69, 9.17) is 23.2 Å². The molecule has 1 aliphatic heterocycles. The summed E-state index contributed by atoms with van der Waals surface area (Å²) in [4.78, 5) is 29.1. The average molecular weight is 451 g/mol. The topological polar surface area (TPSA) is 60.9 Å². The monoisotopic (exact) mass is 450 g/mol. The van der Waals surface area contributed by atoms with Crippen LogP contribution < -0.4 is 0 Å². The molecule has 0 aliphatic carbocycles. The van der Waals surface area contributed by atoms with Crippen LogP contribution >= 0.6 is 23.2 Å². The largest absolute Gasteiger partial charge is 0.507 e. The summed E-state index contributed by atoms with van der Waals surface area (Å²) in [7, 11) is 3.83. The molecule has 8 heteroatoms. The Balaban J connectivity index is 2.11. The lowest BCUT2D eigenvalue weighted by molar-refractivity contribution is -0.139. The summed E-state index contributed by atoms with van der Waals surface area (Å²) >= 11 is 12.2. The van der Waals surface area contributed by atoms with Crippen LogP contribution in [0.5, 0.6) is 0 Å². The number of aliphatic hydroxyl groups excluding tert-OH is 1. The molecule has 3 rings (SSSR count). The summed E-state index contributed by atoms with van der Waals surface area (Å²) in [5.74, 6) is -2.33. The Labute approximate surface area is 184 Å². The summed E-state index contributed by atoms with van der Waals surface area (Å²) in [5.41, 5.74) is 0.736. The number of amides is 1. The number of benzene rings is 2. The molecule has 0 bridgehead atoms. The van der Waals surface area contributed by atoms with Gasteiger partial charge >= 0.3 is 0 Å². The first-order valence-electron chi connectivity index (χ1n) is 9.34. The minimum Gasteiger partial charge on any atom is -0.507 e. The van der Waals surface area contributed by atoms with Crippen molar-refractivity contribution in [2.45, 2.75) is 12.5 Å². The average Bonchev–Trinajstić information content (AvgIpc) is 2.95. The Morgan fingerprint density at radius 2 is 1.77 bits per heavy atom. The van der Waals surface area contributed by atoms with E-state index < -0.39 is 23.5 Å². The molecule has 1 N–H and O–H groups in total. The fourth-order valence-electron chi connectivity index (χ4n) is 3.46. The Kier molecular flexibility index (Phi) is 6.81. The van der Waals surface area contributed by atoms with Gasteiger partial charge in [-0.3, -0.25) is 9.59 Å². The first-order chi connectivity index (χ1) is 14.2. The number of ketones is 1. The molecule has 1 fully saturated rings. The lowest BCUT2D eigenvalue weighted by atomic mass is 9.95. The fraction of sp³-hybridized carbons (Fsp3) is 0.273. The number of nitrogens with zero attached hydrogens (tertiary/aromatic N) is 2. The van der Waals surface area contributed by atoms with Crippen LogP contribution in [0.2, 0.25) is 10.0 Å². The van der Waals surface area contributed by atoms with Crippen molar-refractivity contribution in [1.82, 2.24) is 9.80 Å². The van der Waals surface area contributed by atoms with Crippen molar-refractivity contribution in [2.75, 3.05) is 27.2 Å². The van der Waals surface area contributed by atoms with Crippen LogP contribution in [0, 0.1) is 5.82 Å². The number of hydrogen-bond acceptors (Lipinski definition) is 4. The number of hydrogen-bond donors (Lipinski definition) is 1. The highest BCUT2D eigenvalue weighted by atomic mass is 35.5. The van der Waals surface area contributed by atoms with Crippen molar-refractivity contribution in [3.05, 3.63) is 75.0 Å². The molecule has 0 aromatic heterocycles. The first-order valence-corrected chi connectivity index (χ1v) is 10.1. The predicted octanol–water partition coefficient (Wildman–Crippen LogP) is 4.51. The summed E-state index contributed by atoms with van der Waals surface area (Å²) in [6.45, 7) is 1.03. The summed E-state index contributed by atoms with van der Waals surface area (Å²) in [6, 6.07) is 9.07. The Morgan fingerprint density at radius 3 is 2.37 bits per heavy atom. The molecule has 30 heavy (non-hydrogen) atoms. The summed E-state index contributed by atoms with van der Waals surface area (Å²) < 4.78 is 13.3. The molecule has 1 amide bonds. The van der Waals surface area contributed by atoms with Gasteiger partial charge in [-0.25, -0.2) is 4.39 Å². The van der Waals surface area contributed by atoms with Gasteiger partial charge in [0.2, 0.25) is 0 Å². The molecule has 0 saturated carbocycles. The third kappa shape index (κ3) is 4.51. The first kappa shape index (κ1) is 22.3. The molecule has 1 unspecified atom stereocenters. The van der Waals surface area contributed by atoms with Gasteiger partial charge in [0, 0.05) is 12.1 Å². The maximum absolute atomic E-state index is 13.3. The zero-order valence-electron chi connectivity index (χ0n) is 16.5. The van der Waals surface area contributed by atoms with Crippen LogP contribution in [0.3, 0.4) is 0 Å². The number of carbonyl (C=O) groups is 2. The number of aliphatic hydroxyl groups is 1. The molecule has 1 atom stereocenters. The summed E-state index contributed by atoms with van der Waals surface area (Å²) in [6.07, 6.45) is 0.633. The van der Waals surface area contributed by atoms with Crippen molar-refractivity contribution in [1.29, 1.82) is 0 Å². The Morgan fingerprint density at radius 1 is 1.10 bits per heavy atom. The third-order valence-corrected chi connectivity index (χ3v) is 5.66. The molecule has 158 valence electrons. The standard InChI is InChI=1S/C22H21Cl2FN2O3/c1-26(2)10-3-11-27-19(14-6-9-16(23)17(24)12-14)18(21(29)22(27)30)20(28)13-4-7-15(25)8-5-13/h4-9,12,19,28H,3,10-11H2,1-2H3. The molecular formula is C22H21Cl2FN2O3. The second kappa shape index (κ2) is 9.16. The molecular weight excluding hydrogens is 430 g/mol. The van der Waals surface area contributed by atoms with Crippen molar-refractivity contribution >= 4 is 40.7 Å². The molecule has 0 spiro atoms. The van der Waals surface area contributed by atoms with Crippen LogP contribution in [0.25, 0.3) is 5.76 Å². The van der Waals surface area contributed by atoms with E-state index in [2.05, 4.69) is 0 Å². The van der Waals surface area contributed by atoms with Crippen LogP contribution in [0.4, 0.5) is 4.39 Å². The number of Topliss-reactive ketones (excluding diaryl/α,β-unsaturated/α-hetero) is 1. The van der Waals surface area contributed by atoms with Gasteiger partial charge in [-0.1, -0.05) is 29.3 Å². The molecule has 1 saturated heterocycles. The number of rotatable bonds is 6. The van der Waals surface area contributed by atoms with Gasteiger partial charge in [-0.05, 0) is 69.0 Å². The van der Waals surface area contributed by atoms with Gasteiger partial charge in [0.1, 0.15) is 11.6 Å². The lowest BCUT2D eigenvalue weighted by Crippen LogP contribution is -2.32. The van der Waals surface area contributed by atoms with Crippen LogP contribution in [0.15, 0.2) is 48.0 Å². The minimum absolute atomic E-state index is 0.0603. The lowest BCUT2D eigenvalue weighted by Gasteiger charge is -2.26. The second-order valence-electron chi connectivity index (χ2n) is 7.33. The molecule has 2 aromatic rings. The minimum atomic E-state index is -0.827. The van der Waals surface area contributed by atoms with E-state index in [1.807, 2.05) is 19.0 Å². The fourth-order valence-corrected chi connectivity index (χ4v) is 3.77. The Bertz CT molecular complexity index is 1010. The van der Waals surface area contributed by atoms with Crippen LogP contribution in [-0.4, -0.2) is 53.8 Å². The Hall–Kier alpha value is -2.41. The second-order valence-corrected chi connectivity index (χ2v) is 8.14. The molecule has 1 aliphatic rings. The SMILES string of the molecule is CN(C)CCCN1C(=O)C(=O)C(=C(O)c2ccc(F)cc2)C1c1ccc(Cl)c(Cl)c1. The highest BCUT2D eigenvalue weighted by molar-refractivity contribution is 6.46. The van der Waals surface area contributed by atoms with Gasteiger partial charge < -0.3 is 14.9 Å². The van der Waals surface area contributed by atoms with E-state index in [9.17, 15) is 19.1 Å². The number of carbonyl (C=O) groups excluding carboxylic acids is 2. The van der Waals surface area contributed by atoms with Crippen molar-refractivity contribution < 1.29 is 19.1 Å². The zero-order valence-corrected chi connectivity index (χ0v) is 18.0. The smallest absolute Gasteiger partial charge is 0.295 e. The third-order valence-electron chi connectivity index (χ3n) is 4.92. The van der Waals surface area contributed by atoms with E-state index in [-0.39, 0.29) is 21.9 Å². The molecule has 5 nitrogen and oxygen atoms in total. The zero-order chi connectivity index (χ0) is 22.0. The predicted molar refractivity (Wildman–Crippen MR) is 115 cm³/mol. The van der Waals surface area contributed by atoms with E-state index >= 15 is 0 Å². The highest BCUT2D eigenvalue weighted by Gasteiger charge is 2.45. The molecule has 0 radical (unpaired) electrons. The van der Waals surface area contributed by atoms with Crippen molar-refractivity contribution in [3.8, 4) is 0 Å². The maximum Gasteiger partial charge on any atom is 0.295 e. The summed E-state index contributed by atoms with van der Waals surface area (Å²) in [5, 5.41) is 11.5. The van der Waals surface area contributed by atoms with Gasteiger partial charge in [-0.15, -0.1) is 0 Å². The van der Waals surface area contributed by atoms with E-state index in [0.717, 1.165) is 6.54 Å². The van der Waals surface area contributed by atoms with E-state index in [1.165, 1.54) is 29.2 Å². The van der Waals surface area contributed by atoms with Crippen LogP contribution in [-0.2, 0) is 9.59 Å². The van der Waals surface area contributed by atoms with Crippen molar-refractivity contribution in [2.24, 2.45) is 0 Å². The number of halogens is 3. The van der Waals surface area contributed by atoms with Gasteiger partial charge in [0.15, 0.2) is 0 Å².